The van der Waals surface area contributed by atoms with Gasteiger partial charge in [-0.3, -0.25) is 4.57 Å². The molecule has 0 saturated heterocycles. The van der Waals surface area contributed by atoms with Crippen LogP contribution in [0.15, 0.2) is 54.6 Å². The van der Waals surface area contributed by atoms with Gasteiger partial charge in [0, 0.05) is 5.69 Å². The Bertz CT molecular complexity index is 740. The average molecular weight is 362 g/mol. The summed E-state index contributed by atoms with van der Waals surface area (Å²) in [5.41, 5.74) is 1.22. The molecule has 0 aliphatic carbocycles. The number of hydrogen-bond acceptors (Lipinski definition) is 6. The predicted octanol–water partition coefficient (Wildman–Crippen LogP) is 3.43. The van der Waals surface area contributed by atoms with Gasteiger partial charge in [-0.15, -0.1) is 0 Å². The minimum atomic E-state index is -3.53. The molecule has 0 spiro atoms. The third-order valence-electron chi connectivity index (χ3n) is 3.45. The standard InChI is InChI=1S/C18H22NO5P/c1-3-23-25(22,24-4-2)17(14-9-6-5-7-10-14)19-16-12-8-11-15(13-16)18(20)21/h5-13,17,19H,3-4H2,1-2H3,(H,20,21)/p-1/t17-/m0/s1. The Hall–Kier alpha value is -2.14. The summed E-state index contributed by atoms with van der Waals surface area (Å²) in [5.74, 6) is -2.05. The Morgan fingerprint density at radius 1 is 1.08 bits per heavy atom. The highest BCUT2D eigenvalue weighted by Gasteiger charge is 2.37. The summed E-state index contributed by atoms with van der Waals surface area (Å²) in [7, 11) is -3.53. The topological polar surface area (TPSA) is 87.7 Å². The van der Waals surface area contributed by atoms with Crippen molar-refractivity contribution >= 4 is 19.3 Å². The van der Waals surface area contributed by atoms with Crippen LogP contribution >= 0.6 is 7.60 Å². The minimum absolute atomic E-state index is 0.0273. The van der Waals surface area contributed by atoms with Gasteiger partial charge >= 0.3 is 7.60 Å². The van der Waals surface area contributed by atoms with E-state index in [9.17, 15) is 14.5 Å². The fraction of sp³-hybridized carbons (Fsp3) is 0.278. The molecule has 2 aromatic carbocycles. The molecule has 0 heterocycles. The van der Waals surface area contributed by atoms with E-state index in [1.807, 2.05) is 30.3 Å². The first-order valence-electron chi connectivity index (χ1n) is 8.02. The van der Waals surface area contributed by atoms with Crippen LogP contribution in [0.25, 0.3) is 0 Å². The SMILES string of the molecule is CCOP(=O)(OCC)[C@H](Nc1cccc(C(=O)[O-])c1)c1ccccc1. The highest BCUT2D eigenvalue weighted by atomic mass is 31.2. The summed E-state index contributed by atoms with van der Waals surface area (Å²) in [4.78, 5) is 11.1. The van der Waals surface area contributed by atoms with Gasteiger partial charge in [-0.1, -0.05) is 42.5 Å². The van der Waals surface area contributed by atoms with E-state index in [2.05, 4.69) is 5.32 Å². The zero-order chi connectivity index (χ0) is 18.3. The van der Waals surface area contributed by atoms with E-state index in [0.29, 0.717) is 11.3 Å². The average Bonchev–Trinajstić information content (AvgIpc) is 2.61. The van der Waals surface area contributed by atoms with E-state index in [-0.39, 0.29) is 18.8 Å². The first-order valence-corrected chi connectivity index (χ1v) is 9.63. The van der Waals surface area contributed by atoms with Crippen LogP contribution in [0.5, 0.6) is 0 Å². The van der Waals surface area contributed by atoms with Crippen LogP contribution in [0.4, 0.5) is 5.69 Å². The van der Waals surface area contributed by atoms with Crippen molar-refractivity contribution < 1.29 is 23.5 Å². The molecule has 1 N–H and O–H groups in total. The lowest BCUT2D eigenvalue weighted by Gasteiger charge is -2.28. The van der Waals surface area contributed by atoms with E-state index in [1.54, 1.807) is 26.0 Å². The number of aromatic carboxylic acids is 1. The van der Waals surface area contributed by atoms with Crippen molar-refractivity contribution in [1.82, 2.24) is 0 Å². The molecule has 0 fully saturated rings. The van der Waals surface area contributed by atoms with Gasteiger partial charge in [-0.2, -0.15) is 0 Å². The summed E-state index contributed by atoms with van der Waals surface area (Å²) in [5, 5.41) is 14.2. The lowest BCUT2D eigenvalue weighted by atomic mass is 10.2. The molecule has 0 radical (unpaired) electrons. The van der Waals surface area contributed by atoms with Crippen molar-refractivity contribution in [3.8, 4) is 0 Å². The number of nitrogens with one attached hydrogen (secondary N) is 1. The van der Waals surface area contributed by atoms with Crippen LogP contribution in [0, 0.1) is 0 Å². The Morgan fingerprint density at radius 3 is 2.28 bits per heavy atom. The number of hydrogen-bond donors (Lipinski definition) is 1. The quantitative estimate of drug-likeness (QED) is 0.688. The third kappa shape index (κ3) is 4.92. The van der Waals surface area contributed by atoms with E-state index in [1.165, 1.54) is 12.1 Å². The number of benzene rings is 2. The monoisotopic (exact) mass is 362 g/mol. The highest BCUT2D eigenvalue weighted by molar-refractivity contribution is 7.54. The fourth-order valence-electron chi connectivity index (χ4n) is 2.42. The molecule has 0 amide bonds. The second-order valence-corrected chi connectivity index (χ2v) is 7.31. The molecule has 2 rings (SSSR count). The molecule has 134 valence electrons. The number of carboxylic acids is 1. The molecule has 0 aromatic heterocycles. The van der Waals surface area contributed by atoms with Gasteiger partial charge < -0.3 is 24.3 Å². The van der Waals surface area contributed by atoms with Gasteiger partial charge in [-0.05, 0) is 37.1 Å². The maximum Gasteiger partial charge on any atom is 0.357 e. The maximum absolute atomic E-state index is 13.3. The molecule has 0 aliphatic rings. The summed E-state index contributed by atoms with van der Waals surface area (Å²) in [6.07, 6.45) is 0. The van der Waals surface area contributed by atoms with Gasteiger partial charge in [0.05, 0.1) is 19.2 Å². The van der Waals surface area contributed by atoms with Crippen LogP contribution in [0.1, 0.15) is 35.6 Å². The van der Waals surface area contributed by atoms with Crippen LogP contribution in [-0.4, -0.2) is 19.2 Å². The van der Waals surface area contributed by atoms with Gasteiger partial charge in [0.1, 0.15) is 0 Å². The Labute approximate surface area is 147 Å². The van der Waals surface area contributed by atoms with Crippen molar-refractivity contribution in [2.24, 2.45) is 0 Å². The van der Waals surface area contributed by atoms with Crippen molar-refractivity contribution in [2.45, 2.75) is 19.6 Å². The van der Waals surface area contributed by atoms with Crippen LogP contribution < -0.4 is 10.4 Å². The van der Waals surface area contributed by atoms with Gasteiger partial charge in [0.15, 0.2) is 5.78 Å². The number of anilines is 1. The first kappa shape index (κ1) is 19.2. The van der Waals surface area contributed by atoms with Crippen molar-refractivity contribution in [1.29, 1.82) is 0 Å². The van der Waals surface area contributed by atoms with E-state index < -0.39 is 19.3 Å². The lowest BCUT2D eigenvalue weighted by Crippen LogP contribution is -2.22. The number of carbonyl (C=O) groups excluding carboxylic acids is 1. The molecule has 25 heavy (non-hydrogen) atoms. The lowest BCUT2D eigenvalue weighted by molar-refractivity contribution is -0.255. The molecule has 1 atom stereocenters. The molecule has 0 unspecified atom stereocenters. The van der Waals surface area contributed by atoms with Gasteiger partial charge in [-0.25, -0.2) is 0 Å². The number of rotatable bonds is 9. The van der Waals surface area contributed by atoms with Crippen LogP contribution in [0.2, 0.25) is 0 Å². The van der Waals surface area contributed by atoms with Crippen LogP contribution in [-0.2, 0) is 13.6 Å². The normalized spacial score (nSPS) is 12.6. The zero-order valence-electron chi connectivity index (χ0n) is 14.2. The predicted molar refractivity (Wildman–Crippen MR) is 94.4 cm³/mol. The molecular weight excluding hydrogens is 341 g/mol. The molecule has 0 bridgehead atoms. The molecular formula is C18H21NO5P-. The Kier molecular flexibility index (Phi) is 6.76. The molecule has 2 aromatic rings. The summed E-state index contributed by atoms with van der Waals surface area (Å²) in [6.45, 7) is 3.93. The Morgan fingerprint density at radius 2 is 1.72 bits per heavy atom. The molecule has 7 heteroatoms. The van der Waals surface area contributed by atoms with Gasteiger partial charge in [0.25, 0.3) is 0 Å². The first-order chi connectivity index (χ1) is 12.0. The third-order valence-corrected chi connectivity index (χ3v) is 5.75. The van der Waals surface area contributed by atoms with Crippen molar-refractivity contribution in [2.75, 3.05) is 18.5 Å². The molecule has 0 aliphatic heterocycles. The maximum atomic E-state index is 13.3. The summed E-state index contributed by atoms with van der Waals surface area (Å²) in [6, 6.07) is 15.2. The fourth-order valence-corrected chi connectivity index (χ4v) is 4.36. The van der Waals surface area contributed by atoms with E-state index in [0.717, 1.165) is 0 Å². The summed E-state index contributed by atoms with van der Waals surface area (Å²) < 4.78 is 24.3. The van der Waals surface area contributed by atoms with Crippen molar-refractivity contribution in [3.63, 3.8) is 0 Å². The van der Waals surface area contributed by atoms with E-state index in [4.69, 9.17) is 9.05 Å². The van der Waals surface area contributed by atoms with Crippen LogP contribution in [0.3, 0.4) is 0 Å². The second kappa shape index (κ2) is 8.81. The Balaban J connectivity index is 2.43. The second-order valence-electron chi connectivity index (χ2n) is 5.20. The molecule has 0 saturated carbocycles. The van der Waals surface area contributed by atoms with Gasteiger partial charge in [0.2, 0.25) is 0 Å². The smallest absolute Gasteiger partial charge is 0.357 e. The number of carboxylic acid groups (broad SMARTS) is 1. The number of carbonyl (C=O) groups is 1. The van der Waals surface area contributed by atoms with Crippen molar-refractivity contribution in [3.05, 3.63) is 65.7 Å². The van der Waals surface area contributed by atoms with E-state index >= 15 is 0 Å². The largest absolute Gasteiger partial charge is 0.545 e. The zero-order valence-corrected chi connectivity index (χ0v) is 15.1. The molecule has 6 nitrogen and oxygen atoms in total. The minimum Gasteiger partial charge on any atom is -0.545 e. The highest BCUT2D eigenvalue weighted by Crippen LogP contribution is 2.60. The summed E-state index contributed by atoms with van der Waals surface area (Å²) >= 11 is 0.